The van der Waals surface area contributed by atoms with Crippen molar-refractivity contribution in [2.24, 2.45) is 0 Å². The van der Waals surface area contributed by atoms with E-state index in [-0.39, 0.29) is 0 Å². The molecule has 4 aromatic rings. The second-order valence-electron chi connectivity index (χ2n) is 7.07. The zero-order valence-electron chi connectivity index (χ0n) is 16.8. The van der Waals surface area contributed by atoms with E-state index >= 15 is 0 Å². The van der Waals surface area contributed by atoms with Crippen LogP contribution in [0.1, 0.15) is 26.0 Å². The zero-order valence-corrected chi connectivity index (χ0v) is 19.2. The Labute approximate surface area is 187 Å². The number of H-pyrrole nitrogens is 1. The van der Waals surface area contributed by atoms with E-state index in [1.54, 1.807) is 22.4 Å². The third-order valence-electron chi connectivity index (χ3n) is 4.93. The summed E-state index contributed by atoms with van der Waals surface area (Å²) in [6, 6.07) is 8.25. The highest BCUT2D eigenvalue weighted by Crippen LogP contribution is 2.35. The summed E-state index contributed by atoms with van der Waals surface area (Å²) >= 11 is 5.25. The Balaban J connectivity index is 1.65. The molecule has 3 aromatic heterocycles. The molecule has 8 heteroatoms. The molecule has 6 nitrogen and oxygen atoms in total. The van der Waals surface area contributed by atoms with Crippen LogP contribution >= 0.6 is 27.3 Å². The van der Waals surface area contributed by atoms with Gasteiger partial charge in [-0.3, -0.25) is 4.79 Å². The molecule has 4 rings (SSSR count). The summed E-state index contributed by atoms with van der Waals surface area (Å²) < 4.78 is 2.03. The molecule has 154 valence electrons. The lowest BCUT2D eigenvalue weighted by Crippen LogP contribution is -2.22. The number of anilines is 2. The highest BCUT2D eigenvalue weighted by atomic mass is 79.9. The van der Waals surface area contributed by atoms with Crippen molar-refractivity contribution in [1.82, 2.24) is 19.9 Å². The number of hydrogen-bond donors (Lipinski definition) is 2. The van der Waals surface area contributed by atoms with Crippen molar-refractivity contribution >= 4 is 71.9 Å². The van der Waals surface area contributed by atoms with Crippen molar-refractivity contribution in [2.75, 3.05) is 18.4 Å². The molecule has 0 radical (unpaired) electrons. The standard InChI is InChI=1S/C22H22BrN5OS/c1-3-7-28(13-29)8-6-14(2)19-10-16-21(17(23)11-24-22(16)27-19)26-15-4-5-18-20(9-15)30-12-25-18/h4-6,9-13H,3,7-8H2,1-2H3,(H2,24,26,27)/b14-6+. The first kappa shape index (κ1) is 20.6. The van der Waals surface area contributed by atoms with Crippen LogP contribution in [0.2, 0.25) is 0 Å². The fourth-order valence-corrected chi connectivity index (χ4v) is 4.44. The Morgan fingerprint density at radius 2 is 2.20 bits per heavy atom. The van der Waals surface area contributed by atoms with Gasteiger partial charge in [-0.15, -0.1) is 11.3 Å². The number of fused-ring (bicyclic) bond motifs is 2. The number of nitrogens with one attached hydrogen (secondary N) is 2. The maximum absolute atomic E-state index is 11.2. The van der Waals surface area contributed by atoms with Crippen LogP contribution in [0.3, 0.4) is 0 Å². The molecule has 0 aliphatic heterocycles. The number of rotatable bonds is 8. The van der Waals surface area contributed by atoms with E-state index in [9.17, 15) is 4.79 Å². The van der Waals surface area contributed by atoms with E-state index in [0.29, 0.717) is 6.54 Å². The molecule has 0 aliphatic carbocycles. The van der Waals surface area contributed by atoms with E-state index in [0.717, 1.165) is 67.7 Å². The Hall–Kier alpha value is -2.71. The molecule has 0 fully saturated rings. The first-order valence-electron chi connectivity index (χ1n) is 9.73. The molecule has 0 unspecified atom stereocenters. The Morgan fingerprint density at radius 1 is 1.33 bits per heavy atom. The highest BCUT2D eigenvalue weighted by molar-refractivity contribution is 9.10. The minimum Gasteiger partial charge on any atom is -0.354 e. The summed E-state index contributed by atoms with van der Waals surface area (Å²) in [5.41, 5.74) is 7.68. The van der Waals surface area contributed by atoms with Crippen LogP contribution in [-0.2, 0) is 4.79 Å². The summed E-state index contributed by atoms with van der Waals surface area (Å²) in [6.45, 7) is 5.46. The molecule has 1 amide bonds. The number of benzene rings is 1. The van der Waals surface area contributed by atoms with Gasteiger partial charge in [0.1, 0.15) is 5.65 Å². The van der Waals surface area contributed by atoms with Crippen LogP contribution in [0.4, 0.5) is 11.4 Å². The number of allylic oxidation sites excluding steroid dienone is 1. The van der Waals surface area contributed by atoms with Crippen molar-refractivity contribution in [3.8, 4) is 0 Å². The summed E-state index contributed by atoms with van der Waals surface area (Å²) in [4.78, 5) is 25.2. The minimum atomic E-state index is 0.593. The molecule has 1 aromatic carbocycles. The van der Waals surface area contributed by atoms with Crippen LogP contribution in [-0.4, -0.2) is 39.4 Å². The molecule has 2 N–H and O–H groups in total. The van der Waals surface area contributed by atoms with Crippen LogP contribution in [0.15, 0.2) is 46.5 Å². The number of pyridine rings is 1. The summed E-state index contributed by atoms with van der Waals surface area (Å²) in [5, 5.41) is 4.52. The van der Waals surface area contributed by atoms with Gasteiger partial charge in [-0.2, -0.15) is 0 Å². The van der Waals surface area contributed by atoms with Crippen LogP contribution in [0, 0.1) is 0 Å². The molecule has 0 atom stereocenters. The smallest absolute Gasteiger partial charge is 0.209 e. The molecular weight excluding hydrogens is 462 g/mol. The first-order valence-corrected chi connectivity index (χ1v) is 11.4. The van der Waals surface area contributed by atoms with Crippen molar-refractivity contribution in [2.45, 2.75) is 20.3 Å². The number of nitrogens with zero attached hydrogens (tertiary/aromatic N) is 3. The van der Waals surface area contributed by atoms with E-state index in [1.165, 1.54) is 0 Å². The van der Waals surface area contributed by atoms with Crippen molar-refractivity contribution in [3.63, 3.8) is 0 Å². The quantitative estimate of drug-likeness (QED) is 0.303. The summed E-state index contributed by atoms with van der Waals surface area (Å²) in [5.74, 6) is 0. The highest BCUT2D eigenvalue weighted by Gasteiger charge is 2.12. The largest absolute Gasteiger partial charge is 0.354 e. The minimum absolute atomic E-state index is 0.593. The molecular formula is C22H22BrN5OS. The van der Waals surface area contributed by atoms with Gasteiger partial charge in [-0.1, -0.05) is 13.0 Å². The number of halogens is 1. The third-order valence-corrected chi connectivity index (χ3v) is 6.32. The Kier molecular flexibility index (Phi) is 6.15. The van der Waals surface area contributed by atoms with Gasteiger partial charge >= 0.3 is 0 Å². The van der Waals surface area contributed by atoms with E-state index in [4.69, 9.17) is 0 Å². The second-order valence-corrected chi connectivity index (χ2v) is 8.81. The number of carbonyl (C=O) groups excluding carboxylic acids is 1. The van der Waals surface area contributed by atoms with E-state index in [1.807, 2.05) is 24.6 Å². The monoisotopic (exact) mass is 483 g/mol. The number of hydrogen-bond acceptors (Lipinski definition) is 5. The normalized spacial score (nSPS) is 11.9. The van der Waals surface area contributed by atoms with Crippen molar-refractivity contribution in [3.05, 3.63) is 52.2 Å². The predicted octanol–water partition coefficient (Wildman–Crippen LogP) is 5.95. The van der Waals surface area contributed by atoms with Gasteiger partial charge in [0.25, 0.3) is 0 Å². The van der Waals surface area contributed by atoms with Gasteiger partial charge in [-0.05, 0) is 59.1 Å². The van der Waals surface area contributed by atoms with Crippen molar-refractivity contribution < 1.29 is 4.79 Å². The number of aromatic nitrogens is 3. The first-order chi connectivity index (χ1) is 14.6. The lowest BCUT2D eigenvalue weighted by molar-refractivity contribution is -0.117. The molecule has 0 spiro atoms. The number of carbonyl (C=O) groups is 1. The van der Waals surface area contributed by atoms with Gasteiger partial charge < -0.3 is 15.2 Å². The second kappa shape index (κ2) is 8.97. The molecule has 3 heterocycles. The van der Waals surface area contributed by atoms with Gasteiger partial charge in [0.2, 0.25) is 6.41 Å². The third kappa shape index (κ3) is 4.24. The lowest BCUT2D eigenvalue weighted by Gasteiger charge is -2.13. The fourth-order valence-electron chi connectivity index (χ4n) is 3.31. The number of aromatic amines is 1. The topological polar surface area (TPSA) is 73.9 Å². The van der Waals surface area contributed by atoms with E-state index in [2.05, 4.69) is 61.3 Å². The summed E-state index contributed by atoms with van der Waals surface area (Å²) in [7, 11) is 0. The van der Waals surface area contributed by atoms with Crippen molar-refractivity contribution in [1.29, 1.82) is 0 Å². The SMILES string of the molecule is CCCN(C=O)C/C=C(\C)c1cc2c(Nc3ccc4ncsc4c3)c(Br)cnc2[nH]1. The number of amides is 1. The average molecular weight is 484 g/mol. The molecule has 0 saturated carbocycles. The zero-order chi connectivity index (χ0) is 21.1. The van der Waals surface area contributed by atoms with Crippen LogP contribution in [0.5, 0.6) is 0 Å². The van der Waals surface area contributed by atoms with E-state index < -0.39 is 0 Å². The molecule has 0 bridgehead atoms. The molecule has 30 heavy (non-hydrogen) atoms. The molecule has 0 aliphatic rings. The maximum Gasteiger partial charge on any atom is 0.209 e. The van der Waals surface area contributed by atoms with Crippen LogP contribution < -0.4 is 5.32 Å². The lowest BCUT2D eigenvalue weighted by atomic mass is 10.2. The Bertz CT molecular complexity index is 1230. The van der Waals surface area contributed by atoms with Gasteiger partial charge in [0, 0.05) is 36.1 Å². The maximum atomic E-state index is 11.2. The summed E-state index contributed by atoms with van der Waals surface area (Å²) in [6.07, 6.45) is 5.71. The number of thiazole rings is 1. The fraction of sp³-hybridized carbons (Fsp3) is 0.227. The average Bonchev–Trinajstić information content (AvgIpc) is 3.39. The molecule has 0 saturated heterocycles. The predicted molar refractivity (Wildman–Crippen MR) is 128 cm³/mol. The van der Waals surface area contributed by atoms with Crippen LogP contribution in [0.25, 0.3) is 26.8 Å². The van der Waals surface area contributed by atoms with Gasteiger partial charge in [0.05, 0.1) is 25.9 Å². The Morgan fingerprint density at radius 3 is 3.00 bits per heavy atom. The van der Waals surface area contributed by atoms with Gasteiger partial charge in [-0.25, -0.2) is 9.97 Å². The van der Waals surface area contributed by atoms with Gasteiger partial charge in [0.15, 0.2) is 0 Å².